The van der Waals surface area contributed by atoms with Crippen molar-refractivity contribution in [3.63, 3.8) is 0 Å². The summed E-state index contributed by atoms with van der Waals surface area (Å²) in [5, 5.41) is 27.8. The summed E-state index contributed by atoms with van der Waals surface area (Å²) in [6.07, 6.45) is 1.76. The number of aliphatic hydroxyl groups is 1. The van der Waals surface area contributed by atoms with Gasteiger partial charge >= 0.3 is 18.2 Å². The van der Waals surface area contributed by atoms with Gasteiger partial charge in [0.05, 0.1) is 36.0 Å². The quantitative estimate of drug-likeness (QED) is 0.0615. The van der Waals surface area contributed by atoms with E-state index in [0.717, 1.165) is 24.0 Å². The molecule has 8 amide bonds. The molecule has 9 atom stereocenters. The number of allylic oxidation sites excluding steroid dienone is 3. The van der Waals surface area contributed by atoms with Gasteiger partial charge < -0.3 is 66.4 Å². The average Bonchev–Trinajstić information content (AvgIpc) is 4.05. The largest absolute Gasteiger partial charge is 0.495 e. The molecule has 11 N–H and O–H groups in total. The van der Waals surface area contributed by atoms with Crippen LogP contribution in [0.3, 0.4) is 0 Å². The number of fused-ring (bicyclic) bond motifs is 5. The van der Waals surface area contributed by atoms with E-state index in [4.69, 9.17) is 58.4 Å². The van der Waals surface area contributed by atoms with E-state index in [1.54, 1.807) is 52.0 Å². The van der Waals surface area contributed by atoms with Crippen LogP contribution >= 0.6 is 23.2 Å². The van der Waals surface area contributed by atoms with Crippen LogP contribution in [0, 0.1) is 11.8 Å². The summed E-state index contributed by atoms with van der Waals surface area (Å²) in [6, 6.07) is 4.86. The Balaban J connectivity index is 1.37. The maximum Gasteiger partial charge on any atom is 0.412 e. The number of halogens is 2. The Bertz CT molecular complexity index is 2510. The lowest BCUT2D eigenvalue weighted by atomic mass is 9.83. The number of urea groups is 1. The third kappa shape index (κ3) is 16.2. The van der Waals surface area contributed by atoms with E-state index in [9.17, 15) is 38.7 Å². The molecule has 0 aromatic heterocycles. The van der Waals surface area contributed by atoms with E-state index in [1.807, 2.05) is 13.0 Å². The van der Waals surface area contributed by atoms with Gasteiger partial charge in [0.15, 0.2) is 5.72 Å². The van der Waals surface area contributed by atoms with Gasteiger partial charge in [0.1, 0.15) is 46.8 Å². The highest BCUT2D eigenvalue weighted by Crippen LogP contribution is 2.49. The average molecular weight is 1100 g/mol. The number of carbonyl (C=O) groups is 7. The normalized spacial score (nSPS) is 25.5. The number of alkyl carbamates (subject to hydrolysis) is 1. The maximum absolute atomic E-state index is 14.4. The molecule has 3 aliphatic heterocycles. The van der Waals surface area contributed by atoms with E-state index in [1.165, 1.54) is 44.4 Å². The van der Waals surface area contributed by atoms with Crippen molar-refractivity contribution in [1.82, 2.24) is 21.3 Å². The predicted octanol–water partition coefficient (Wildman–Crippen LogP) is 5.56. The van der Waals surface area contributed by atoms with Gasteiger partial charge in [0, 0.05) is 45.1 Å². The Hall–Kier alpha value is -6.17. The van der Waals surface area contributed by atoms with Crippen LogP contribution in [0.25, 0.3) is 0 Å². The summed E-state index contributed by atoms with van der Waals surface area (Å²) >= 11 is 13.5. The molecule has 24 heteroatoms. The fourth-order valence-corrected chi connectivity index (χ4v) is 9.77. The molecule has 2 aromatic carbocycles. The molecule has 4 bridgehead atoms. The first-order chi connectivity index (χ1) is 35.9. The van der Waals surface area contributed by atoms with Gasteiger partial charge in [-0.1, -0.05) is 74.2 Å². The minimum absolute atomic E-state index is 0.0373. The molecule has 0 unspecified atom stereocenters. The topological polar surface area (TPSA) is 317 Å². The summed E-state index contributed by atoms with van der Waals surface area (Å²) < 4.78 is 29.3. The number of epoxide rings is 1. The second-order valence-corrected chi connectivity index (χ2v) is 20.7. The number of unbranched alkanes of at least 4 members (excludes halogenated alkanes) is 2. The van der Waals surface area contributed by atoms with Crippen molar-refractivity contribution in [1.29, 1.82) is 0 Å². The van der Waals surface area contributed by atoms with Crippen LogP contribution in [-0.4, -0.2) is 129 Å². The van der Waals surface area contributed by atoms with E-state index in [0.29, 0.717) is 30.8 Å². The van der Waals surface area contributed by atoms with E-state index >= 15 is 0 Å². The van der Waals surface area contributed by atoms with E-state index in [-0.39, 0.29) is 65.5 Å². The van der Waals surface area contributed by atoms with Crippen molar-refractivity contribution in [3.8, 4) is 5.75 Å². The zero-order valence-corrected chi connectivity index (χ0v) is 45.7. The molecule has 2 fully saturated rings. The number of ether oxygens (including phenoxy) is 5. The molecule has 22 nitrogen and oxygen atoms in total. The number of methoxy groups -OCH3 is 2. The lowest BCUT2D eigenvalue weighted by molar-refractivity contribution is -0.142. The fraction of sp³-hybridized carbons (Fsp3) is 0.558. The molecule has 0 spiro atoms. The highest BCUT2D eigenvalue weighted by molar-refractivity contribution is 6.35. The first-order valence-electron chi connectivity index (χ1n) is 25.2. The van der Waals surface area contributed by atoms with Gasteiger partial charge in [-0.3, -0.25) is 29.8 Å². The lowest BCUT2D eigenvalue weighted by Crippen LogP contribution is -2.63. The lowest BCUT2D eigenvalue weighted by Gasteiger charge is -2.42. The molecule has 0 aliphatic carbocycles. The smallest absolute Gasteiger partial charge is 0.412 e. The molecule has 76 heavy (non-hydrogen) atoms. The van der Waals surface area contributed by atoms with Gasteiger partial charge in [0.25, 0.3) is 0 Å². The molecule has 2 aromatic rings. The van der Waals surface area contributed by atoms with Crippen LogP contribution in [-0.2, 0) is 44.5 Å². The third-order valence-electron chi connectivity index (χ3n) is 13.6. The Morgan fingerprint density at radius 1 is 1.01 bits per heavy atom. The number of anilines is 3. The second kappa shape index (κ2) is 27.2. The van der Waals surface area contributed by atoms with Crippen LogP contribution in [0.5, 0.6) is 5.75 Å². The van der Waals surface area contributed by atoms with Gasteiger partial charge in [-0.05, 0) is 94.3 Å². The van der Waals surface area contributed by atoms with Gasteiger partial charge in [-0.2, -0.15) is 0 Å². The van der Waals surface area contributed by atoms with Gasteiger partial charge in [-0.25, -0.2) is 14.4 Å². The zero-order chi connectivity index (χ0) is 56.1. The fourth-order valence-electron chi connectivity index (χ4n) is 9.23. The summed E-state index contributed by atoms with van der Waals surface area (Å²) in [5.74, 6) is -2.71. The molecule has 3 aliphatic rings. The number of primary amides is 1. The molecule has 418 valence electrons. The first-order valence-corrected chi connectivity index (χ1v) is 26.0. The molecule has 0 saturated carbocycles. The third-order valence-corrected chi connectivity index (χ3v) is 14.3. The van der Waals surface area contributed by atoms with Crippen molar-refractivity contribution in [2.24, 2.45) is 23.3 Å². The van der Waals surface area contributed by atoms with E-state index in [2.05, 4.69) is 31.9 Å². The standard InChI is InChI=1S/C52H73Cl2N9O13/c1-28(2)44(61-41(64)17-10-9-11-20-55)47(67)59-35(15-13-21-57-48(56)68)46(66)58-32-18-19-34(33(53)25-32)60-49(69)75-40-26-42(65)63(6)36-23-31(24-37(72-7)43(36)54)22-29(3)14-12-16-39(73-8)52(71)27-38(74-50(70)62-52)30(4)45-51(40,5)76-45/h12,14,16,18-19,23-25,28,30,35,38-40,44-45,71H,9-11,13,15,17,20-22,26-27,55H2,1-8H3,(H,58,66)(H,59,67)(H,60,69)(H,61,64)(H,62,70)(H3,56,57,68)/b16-12+,29-14+/t30-,35+,38+,39-,40+,44+,45+,51+,52+/m1/s1. The van der Waals surface area contributed by atoms with Crippen molar-refractivity contribution < 1.29 is 62.4 Å². The molecular weight excluding hydrogens is 1030 g/mol. The number of hydrogen-bond acceptors (Lipinski definition) is 14. The second-order valence-electron chi connectivity index (χ2n) is 19.9. The predicted molar refractivity (Wildman–Crippen MR) is 286 cm³/mol. The Morgan fingerprint density at radius 2 is 1.75 bits per heavy atom. The van der Waals surface area contributed by atoms with Crippen LogP contribution in [0.4, 0.5) is 31.4 Å². The van der Waals surface area contributed by atoms with Crippen LogP contribution in [0.2, 0.25) is 10.0 Å². The number of nitrogens with one attached hydrogen (secondary N) is 6. The molecule has 2 saturated heterocycles. The van der Waals surface area contributed by atoms with Crippen molar-refractivity contribution in [3.05, 3.63) is 69.7 Å². The number of carbonyl (C=O) groups excluding carboxylic acids is 7. The van der Waals surface area contributed by atoms with Crippen LogP contribution in [0.15, 0.2) is 54.1 Å². The van der Waals surface area contributed by atoms with Gasteiger partial charge in [0.2, 0.25) is 23.6 Å². The minimum atomic E-state index is -1.90. The first kappa shape index (κ1) is 60.7. The highest BCUT2D eigenvalue weighted by atomic mass is 35.5. The Morgan fingerprint density at radius 3 is 2.41 bits per heavy atom. The molecule has 0 radical (unpaired) electrons. The van der Waals surface area contributed by atoms with Crippen LogP contribution in [0.1, 0.15) is 91.5 Å². The SMILES string of the molecule is COc1cc2cc(c1Cl)N(C)C(=O)C[C@H](OC(=O)Nc1ccc(NC(=O)[C@H](CCCNC(N)=O)NC(=O)[C@@H](NC(=O)CCCCCN)C(C)C)cc1Cl)[C@]1(C)O[C@H]1[C@H](C)[C@@H]1C[C@@](O)(NC(=O)O1)[C@H](OC)/C=C/C=C(\C)C2. The zero-order valence-electron chi connectivity index (χ0n) is 44.2. The van der Waals surface area contributed by atoms with E-state index < -0.39 is 96.1 Å². The van der Waals surface area contributed by atoms with Crippen molar-refractivity contribution in [2.75, 3.05) is 49.9 Å². The number of nitrogens with two attached hydrogens (primary N) is 2. The summed E-state index contributed by atoms with van der Waals surface area (Å²) in [6.45, 7) is 9.44. The number of benzene rings is 2. The molecule has 5 rings (SSSR count). The number of hydrogen-bond donors (Lipinski definition) is 9. The molecular formula is C52H73Cl2N9O13. The summed E-state index contributed by atoms with van der Waals surface area (Å²) in [5.41, 5.74) is 9.74. The highest BCUT2D eigenvalue weighted by Gasteiger charge is 2.64. The number of rotatable bonds is 19. The number of nitrogens with zero attached hydrogens (tertiary/aromatic N) is 1. The Labute approximate surface area is 453 Å². The van der Waals surface area contributed by atoms with Crippen molar-refractivity contribution in [2.45, 2.75) is 140 Å². The minimum Gasteiger partial charge on any atom is -0.495 e. The van der Waals surface area contributed by atoms with Crippen LogP contribution < -0.4 is 53.0 Å². The Kier molecular flexibility index (Phi) is 21.8. The maximum atomic E-state index is 14.4. The summed E-state index contributed by atoms with van der Waals surface area (Å²) in [4.78, 5) is 94.3. The summed E-state index contributed by atoms with van der Waals surface area (Å²) in [7, 11) is 4.39. The number of amides is 8. The monoisotopic (exact) mass is 1100 g/mol. The molecule has 3 heterocycles. The van der Waals surface area contributed by atoms with Gasteiger partial charge in [-0.15, -0.1) is 0 Å². The van der Waals surface area contributed by atoms with Crippen molar-refractivity contribution >= 4 is 82.1 Å².